The molecule has 0 N–H and O–H groups in total. The largest absolute Gasteiger partial charge is 0.416 e. The highest BCUT2D eigenvalue weighted by molar-refractivity contribution is 9.09. The zero-order valence-corrected chi connectivity index (χ0v) is 9.83. The predicted molar refractivity (Wildman–Crippen MR) is 59.3 cm³/mol. The highest BCUT2D eigenvalue weighted by atomic mass is 79.9. The molecule has 15 heavy (non-hydrogen) atoms. The molecule has 0 bridgehead atoms. The molecular weight excluding hydrogens is 292 g/mol. The van der Waals surface area contributed by atoms with E-state index >= 15 is 0 Å². The molecule has 0 nitrogen and oxygen atoms in total. The fraction of sp³-hybridized carbons (Fsp3) is 0.200. The van der Waals surface area contributed by atoms with Gasteiger partial charge in [0, 0.05) is 10.4 Å². The molecule has 0 radical (unpaired) electrons. The fourth-order valence-electron chi connectivity index (χ4n) is 1.05. The molecule has 0 unspecified atom stereocenters. The summed E-state index contributed by atoms with van der Waals surface area (Å²) in [6.07, 6.45) is -1.08. The molecule has 1 aromatic rings. The van der Waals surface area contributed by atoms with E-state index in [4.69, 9.17) is 11.6 Å². The maximum absolute atomic E-state index is 12.4. The summed E-state index contributed by atoms with van der Waals surface area (Å²) >= 11 is 8.73. The van der Waals surface area contributed by atoms with Crippen LogP contribution in [0.15, 0.2) is 24.3 Å². The molecule has 0 aliphatic heterocycles. The van der Waals surface area contributed by atoms with Crippen molar-refractivity contribution in [3.05, 3.63) is 40.4 Å². The highest BCUT2D eigenvalue weighted by Crippen LogP contribution is 2.32. The Bertz CT molecular complexity index is 371. The Balaban J connectivity index is 3.11. The van der Waals surface area contributed by atoms with Crippen molar-refractivity contribution in [1.29, 1.82) is 0 Å². The quantitative estimate of drug-likeness (QED) is 0.690. The Kier molecular flexibility index (Phi) is 4.22. The van der Waals surface area contributed by atoms with Gasteiger partial charge in [0.15, 0.2) is 0 Å². The molecule has 0 aromatic heterocycles. The molecule has 5 heteroatoms. The normalized spacial score (nSPS) is 12.3. The van der Waals surface area contributed by atoms with Gasteiger partial charge in [-0.3, -0.25) is 0 Å². The van der Waals surface area contributed by atoms with Crippen LogP contribution in [0.1, 0.15) is 11.1 Å². The molecule has 0 saturated heterocycles. The summed E-state index contributed by atoms with van der Waals surface area (Å²) < 4.78 is 37.1. The van der Waals surface area contributed by atoms with Gasteiger partial charge in [0.25, 0.3) is 0 Å². The molecule has 0 amide bonds. The van der Waals surface area contributed by atoms with Gasteiger partial charge < -0.3 is 0 Å². The van der Waals surface area contributed by atoms with Crippen LogP contribution in [0, 0.1) is 0 Å². The number of rotatable bonds is 2. The minimum atomic E-state index is -4.36. The fourth-order valence-corrected chi connectivity index (χ4v) is 1.48. The van der Waals surface area contributed by atoms with Gasteiger partial charge in [0.2, 0.25) is 0 Å². The van der Waals surface area contributed by atoms with Crippen LogP contribution >= 0.6 is 27.5 Å². The molecule has 0 heterocycles. The lowest BCUT2D eigenvalue weighted by Gasteiger charge is -2.07. The summed E-state index contributed by atoms with van der Waals surface area (Å²) in [4.78, 5) is 0. The molecule has 1 rings (SSSR count). The smallest absolute Gasteiger partial charge is 0.166 e. The minimum absolute atomic E-state index is 0.0825. The molecule has 0 aliphatic carbocycles. The lowest BCUT2D eigenvalue weighted by Crippen LogP contribution is -2.04. The zero-order valence-electron chi connectivity index (χ0n) is 7.48. The van der Waals surface area contributed by atoms with Crippen molar-refractivity contribution in [3.63, 3.8) is 0 Å². The van der Waals surface area contributed by atoms with E-state index in [2.05, 4.69) is 15.9 Å². The minimum Gasteiger partial charge on any atom is -0.166 e. The maximum Gasteiger partial charge on any atom is 0.416 e. The van der Waals surface area contributed by atoms with Crippen molar-refractivity contribution in [3.8, 4) is 0 Å². The van der Waals surface area contributed by atoms with Gasteiger partial charge >= 0.3 is 6.18 Å². The van der Waals surface area contributed by atoms with E-state index in [-0.39, 0.29) is 5.02 Å². The Morgan fingerprint density at radius 3 is 2.47 bits per heavy atom. The van der Waals surface area contributed by atoms with Gasteiger partial charge in [-0.2, -0.15) is 13.2 Å². The Morgan fingerprint density at radius 1 is 1.27 bits per heavy atom. The van der Waals surface area contributed by atoms with Crippen LogP contribution in [-0.2, 0) is 6.18 Å². The first-order valence-electron chi connectivity index (χ1n) is 4.04. The van der Waals surface area contributed by atoms with Crippen LogP contribution in [0.4, 0.5) is 13.2 Å². The van der Waals surface area contributed by atoms with E-state index in [0.717, 1.165) is 12.1 Å². The number of benzene rings is 1. The highest BCUT2D eigenvalue weighted by Gasteiger charge is 2.30. The first kappa shape index (κ1) is 12.6. The van der Waals surface area contributed by atoms with Gasteiger partial charge in [-0.25, -0.2) is 0 Å². The van der Waals surface area contributed by atoms with E-state index in [0.29, 0.717) is 10.9 Å². The summed E-state index contributed by atoms with van der Waals surface area (Å²) in [7, 11) is 0. The van der Waals surface area contributed by atoms with Crippen LogP contribution in [-0.4, -0.2) is 5.33 Å². The molecule has 1 aromatic carbocycles. The SMILES string of the molecule is FC(F)(F)c1cc(Cl)cc(C=CCBr)c1. The predicted octanol–water partition coefficient (Wildman–Crippen LogP) is 4.77. The molecule has 0 aliphatic rings. The second-order valence-corrected chi connectivity index (χ2v) is 3.91. The number of halogens is 5. The van der Waals surface area contributed by atoms with E-state index in [1.807, 2.05) is 0 Å². The lowest BCUT2D eigenvalue weighted by atomic mass is 10.1. The van der Waals surface area contributed by atoms with E-state index in [1.165, 1.54) is 6.07 Å². The van der Waals surface area contributed by atoms with Crippen molar-refractivity contribution in [2.75, 3.05) is 5.33 Å². The van der Waals surface area contributed by atoms with Crippen molar-refractivity contribution in [1.82, 2.24) is 0 Å². The molecule has 0 atom stereocenters. The van der Waals surface area contributed by atoms with Gasteiger partial charge in [0.05, 0.1) is 5.56 Å². The zero-order chi connectivity index (χ0) is 11.5. The summed E-state index contributed by atoms with van der Waals surface area (Å²) in [5.41, 5.74) is -0.293. The lowest BCUT2D eigenvalue weighted by molar-refractivity contribution is -0.137. The third-order valence-corrected chi connectivity index (χ3v) is 2.24. The van der Waals surface area contributed by atoms with Crippen LogP contribution in [0.3, 0.4) is 0 Å². The van der Waals surface area contributed by atoms with Crippen LogP contribution in [0.5, 0.6) is 0 Å². The Hall–Kier alpha value is -0.480. The Morgan fingerprint density at radius 2 is 1.93 bits per heavy atom. The number of hydrogen-bond donors (Lipinski definition) is 0. The average molecular weight is 300 g/mol. The van der Waals surface area contributed by atoms with Crippen molar-refractivity contribution in [2.45, 2.75) is 6.18 Å². The van der Waals surface area contributed by atoms with Gasteiger partial charge in [-0.05, 0) is 23.8 Å². The standard InChI is InChI=1S/C10H7BrClF3/c11-3-1-2-7-4-8(10(13,14)15)6-9(12)5-7/h1-2,4-6H,3H2. The third kappa shape index (κ3) is 3.87. The summed E-state index contributed by atoms with van der Waals surface area (Å²) in [5.74, 6) is 0. The third-order valence-electron chi connectivity index (χ3n) is 1.65. The van der Waals surface area contributed by atoms with E-state index < -0.39 is 11.7 Å². The maximum atomic E-state index is 12.4. The topological polar surface area (TPSA) is 0 Å². The van der Waals surface area contributed by atoms with Crippen molar-refractivity contribution in [2.24, 2.45) is 0 Å². The van der Waals surface area contributed by atoms with Crippen molar-refractivity contribution >= 4 is 33.6 Å². The Labute approximate surface area is 98.9 Å². The second kappa shape index (κ2) is 5.03. The number of hydrogen-bond acceptors (Lipinski definition) is 0. The summed E-state index contributed by atoms with van der Waals surface area (Å²) in [5, 5.41) is 0.667. The van der Waals surface area contributed by atoms with Gasteiger partial charge in [-0.1, -0.05) is 39.7 Å². The first-order valence-corrected chi connectivity index (χ1v) is 5.53. The first-order chi connectivity index (χ1) is 6.93. The molecule has 0 spiro atoms. The second-order valence-electron chi connectivity index (χ2n) is 2.83. The number of allylic oxidation sites excluding steroid dienone is 1. The van der Waals surface area contributed by atoms with Crippen LogP contribution in [0.25, 0.3) is 6.08 Å². The molecule has 0 fully saturated rings. The summed E-state index contributed by atoms with van der Waals surface area (Å²) in [6.45, 7) is 0. The van der Waals surface area contributed by atoms with E-state index in [1.54, 1.807) is 12.2 Å². The summed E-state index contributed by atoms with van der Waals surface area (Å²) in [6, 6.07) is 3.45. The van der Waals surface area contributed by atoms with Crippen molar-refractivity contribution < 1.29 is 13.2 Å². The average Bonchev–Trinajstić information content (AvgIpc) is 2.12. The monoisotopic (exact) mass is 298 g/mol. The van der Waals surface area contributed by atoms with Crippen LogP contribution < -0.4 is 0 Å². The van der Waals surface area contributed by atoms with Gasteiger partial charge in [-0.15, -0.1) is 0 Å². The van der Waals surface area contributed by atoms with E-state index in [9.17, 15) is 13.2 Å². The van der Waals surface area contributed by atoms with Crippen LogP contribution in [0.2, 0.25) is 5.02 Å². The molecular formula is C10H7BrClF3. The molecule has 82 valence electrons. The van der Waals surface area contributed by atoms with Gasteiger partial charge in [0.1, 0.15) is 0 Å². The number of alkyl halides is 4. The molecule has 0 saturated carbocycles.